The number of aliphatic hydroxyl groups is 1. The molecule has 2 aromatic carbocycles. The number of carbonyl (C=O) groups excluding carboxylic acids is 4. The van der Waals surface area contributed by atoms with Crippen molar-refractivity contribution in [2.24, 2.45) is 10.8 Å². The number of alkyl carbamates (subject to hydrolysis) is 2. The Morgan fingerprint density at radius 2 is 1.13 bits per heavy atom. The van der Waals surface area contributed by atoms with E-state index in [1.165, 1.54) is 7.11 Å². The number of carbonyl (C=O) groups is 4. The summed E-state index contributed by atoms with van der Waals surface area (Å²) in [5, 5.41) is 20.7. The number of ether oxygens (including phenoxy) is 8. The van der Waals surface area contributed by atoms with Crippen LogP contribution < -0.4 is 21.4 Å². The summed E-state index contributed by atoms with van der Waals surface area (Å²) in [5.74, 6) is -2.37. The van der Waals surface area contributed by atoms with Crippen LogP contribution in [0, 0.1) is 10.8 Å². The summed E-state index contributed by atoms with van der Waals surface area (Å²) >= 11 is 0. The summed E-state index contributed by atoms with van der Waals surface area (Å²) in [6.07, 6.45) is -2.59. The molecule has 19 heteroatoms. The van der Waals surface area contributed by atoms with Crippen LogP contribution in [-0.4, -0.2) is 163 Å². The smallest absolute Gasteiger partial charge is 0.407 e. The maximum Gasteiger partial charge on any atom is 0.407 e. The van der Waals surface area contributed by atoms with Crippen LogP contribution in [0.3, 0.4) is 0 Å². The zero-order valence-electron chi connectivity index (χ0n) is 49.2. The number of hydrogen-bond donors (Lipinski definition) is 5. The molecule has 5 N–H and O–H groups in total. The summed E-state index contributed by atoms with van der Waals surface area (Å²) in [6.45, 7) is -6.54. The van der Waals surface area contributed by atoms with Crippen molar-refractivity contribution in [1.29, 1.82) is 0 Å². The van der Waals surface area contributed by atoms with E-state index in [0.717, 1.165) is 5.01 Å². The number of methoxy groups -OCH3 is 2. The van der Waals surface area contributed by atoms with Crippen LogP contribution >= 0.6 is 0 Å². The maximum absolute atomic E-state index is 14.9. The van der Waals surface area contributed by atoms with E-state index in [0.29, 0.717) is 55.4 Å². The van der Waals surface area contributed by atoms with Gasteiger partial charge in [-0.2, -0.15) is 0 Å². The molecule has 0 bridgehead atoms. The number of nitrogens with zero attached hydrogens (tertiary/aromatic N) is 2. The van der Waals surface area contributed by atoms with Crippen molar-refractivity contribution in [3.63, 3.8) is 0 Å². The van der Waals surface area contributed by atoms with Gasteiger partial charge in [-0.1, -0.05) is 102 Å². The maximum atomic E-state index is 14.9. The molecule has 3 rings (SSSR count). The van der Waals surface area contributed by atoms with E-state index in [1.54, 1.807) is 107 Å². The summed E-state index contributed by atoms with van der Waals surface area (Å²) in [7, 11) is 3.06. The largest absolute Gasteiger partial charge is 0.447 e. The molecule has 0 fully saturated rings. The number of pyridine rings is 1. The summed E-state index contributed by atoms with van der Waals surface area (Å²) in [4.78, 5) is 60.2. The zero-order valence-corrected chi connectivity index (χ0v) is 40.2. The Bertz CT molecular complexity index is 2190. The molecule has 0 spiro atoms. The van der Waals surface area contributed by atoms with Crippen molar-refractivity contribution in [2.75, 3.05) is 100 Å². The first-order chi connectivity index (χ1) is 36.8. The first kappa shape index (κ1) is 44.9. The van der Waals surface area contributed by atoms with Gasteiger partial charge in [0.15, 0.2) is 0 Å². The highest BCUT2D eigenvalue weighted by atomic mass is 16.6. The van der Waals surface area contributed by atoms with E-state index >= 15 is 0 Å². The highest BCUT2D eigenvalue weighted by molar-refractivity contribution is 5.87. The lowest BCUT2D eigenvalue weighted by Gasteiger charge is -2.36. The average Bonchev–Trinajstić information content (AvgIpc) is 3.38. The van der Waals surface area contributed by atoms with Gasteiger partial charge in [0.05, 0.1) is 83.9 Å². The molecule has 0 unspecified atom stereocenters. The third kappa shape index (κ3) is 23.7. The Kier molecular flexibility index (Phi) is 20.7. The molecule has 3 aromatic rings. The van der Waals surface area contributed by atoms with Gasteiger partial charge >= 0.3 is 12.2 Å². The topological polar surface area (TPSA) is 227 Å². The minimum atomic E-state index is -4.00. The van der Waals surface area contributed by atoms with E-state index in [-0.39, 0.29) is 52.6 Å². The number of aromatic nitrogens is 1. The van der Waals surface area contributed by atoms with Crippen molar-refractivity contribution in [1.82, 2.24) is 31.4 Å². The van der Waals surface area contributed by atoms with Crippen molar-refractivity contribution in [2.45, 2.75) is 78.5 Å². The molecule has 0 saturated heterocycles. The predicted octanol–water partition coefficient (Wildman–Crippen LogP) is 4.31. The third-order valence-corrected chi connectivity index (χ3v) is 9.93. The first-order valence-corrected chi connectivity index (χ1v) is 22.5. The molecule has 0 aliphatic rings. The van der Waals surface area contributed by atoms with Crippen molar-refractivity contribution < 1.29 is 74.5 Å². The molecular weight excluding hydrogens is 893 g/mol. The minimum Gasteiger partial charge on any atom is -0.447 e. The highest BCUT2D eigenvalue weighted by Crippen LogP contribution is 2.23. The molecule has 4 atom stereocenters. The Morgan fingerprint density at radius 3 is 1.62 bits per heavy atom. The molecule has 384 valence electrons. The molecular formula is C50H76N6O13. The lowest BCUT2D eigenvalue weighted by molar-refractivity contribution is -0.132. The van der Waals surface area contributed by atoms with Gasteiger partial charge in [-0.25, -0.2) is 14.6 Å². The Labute approximate surface area is 420 Å². The van der Waals surface area contributed by atoms with Crippen LogP contribution in [0.2, 0.25) is 0 Å². The lowest BCUT2D eigenvalue weighted by atomic mass is 9.85. The van der Waals surface area contributed by atoms with E-state index in [4.69, 9.17) is 50.2 Å². The second-order valence-electron chi connectivity index (χ2n) is 16.7. The first-order valence-electron chi connectivity index (χ1n) is 27.0. The van der Waals surface area contributed by atoms with Crippen LogP contribution in [-0.2, 0) is 60.4 Å². The number of amides is 4. The summed E-state index contributed by atoms with van der Waals surface area (Å²) in [5.41, 5.74) is -0.116. The second-order valence-corrected chi connectivity index (χ2v) is 16.7. The van der Waals surface area contributed by atoms with Crippen molar-refractivity contribution >= 4 is 24.0 Å². The number of rotatable bonds is 32. The van der Waals surface area contributed by atoms with Crippen LogP contribution in [0.5, 0.6) is 0 Å². The van der Waals surface area contributed by atoms with Gasteiger partial charge in [-0.15, -0.1) is 0 Å². The number of hydrogen-bond acceptors (Lipinski definition) is 15. The molecule has 0 aliphatic heterocycles. The van der Waals surface area contributed by atoms with E-state index < -0.39 is 92.8 Å². The van der Waals surface area contributed by atoms with Crippen LogP contribution in [0.1, 0.15) is 64.8 Å². The quantitative estimate of drug-likeness (QED) is 0.0434. The molecule has 0 aliphatic carbocycles. The molecule has 69 heavy (non-hydrogen) atoms. The summed E-state index contributed by atoms with van der Waals surface area (Å²) in [6, 6.07) is 15.4. The fourth-order valence-electron chi connectivity index (χ4n) is 6.36. The van der Waals surface area contributed by atoms with E-state index in [9.17, 15) is 24.3 Å². The Balaban J connectivity index is 2.04. The number of benzene rings is 2. The zero-order chi connectivity index (χ0) is 58.0. The van der Waals surface area contributed by atoms with Gasteiger partial charge in [0.1, 0.15) is 25.3 Å². The van der Waals surface area contributed by atoms with E-state index in [2.05, 4.69) is 21.0 Å². The Hall–Kier alpha value is -5.25. The fourth-order valence-corrected chi connectivity index (χ4v) is 6.36. The van der Waals surface area contributed by atoms with Crippen molar-refractivity contribution in [3.8, 4) is 11.3 Å². The van der Waals surface area contributed by atoms with Crippen molar-refractivity contribution in [3.05, 3.63) is 90.1 Å². The van der Waals surface area contributed by atoms with Crippen LogP contribution in [0.25, 0.3) is 11.3 Å². The normalized spacial score (nSPS) is 16.0. The van der Waals surface area contributed by atoms with Gasteiger partial charge < -0.3 is 59.0 Å². The van der Waals surface area contributed by atoms with Gasteiger partial charge in [0, 0.05) is 51.4 Å². The standard InChI is InChI=1S/C50H76N6O13/c1-49(2,3)43(53-47(60)68-32-30-66-28-26-64-24-22-62-7)45(58)52-41(34-37-14-10-9-11-15-37)42(57)36-56(35-38-17-19-39(20-18-38)40-16-12-13-21-51-40)55-46(59)44(50(4,5)6)54-48(61)69-33-31-67-29-27-65-25-23-63-8/h9-21,41-44,57H,22-36H2,1-8H3,(H,52,58)(H,53,60)(H,54,61)(H,55,59)/t41-,42-,43+,44+/m0/s1/i4D3,5D3,6D3. The van der Waals surface area contributed by atoms with Gasteiger partial charge in [-0.05, 0) is 40.5 Å². The molecule has 19 nitrogen and oxygen atoms in total. The second kappa shape index (κ2) is 31.8. The molecule has 4 amide bonds. The summed E-state index contributed by atoms with van der Waals surface area (Å²) < 4.78 is 118. The fraction of sp³-hybridized carbons (Fsp3) is 0.580. The number of nitrogens with one attached hydrogen (secondary N) is 4. The Morgan fingerprint density at radius 1 is 0.623 bits per heavy atom. The number of hydrazine groups is 1. The molecule has 0 radical (unpaired) electrons. The highest BCUT2D eigenvalue weighted by Gasteiger charge is 2.37. The monoisotopic (exact) mass is 978 g/mol. The number of aliphatic hydroxyl groups excluding tert-OH is 1. The molecule has 1 aromatic heterocycles. The van der Waals surface area contributed by atoms with Crippen LogP contribution in [0.4, 0.5) is 9.59 Å². The average molecular weight is 978 g/mol. The van der Waals surface area contributed by atoms with Gasteiger partial charge in [-0.3, -0.25) is 20.0 Å². The van der Waals surface area contributed by atoms with Gasteiger partial charge in [0.2, 0.25) is 5.91 Å². The predicted molar refractivity (Wildman–Crippen MR) is 259 cm³/mol. The third-order valence-electron chi connectivity index (χ3n) is 9.93. The lowest BCUT2D eigenvalue weighted by Crippen LogP contribution is -2.61. The molecule has 0 saturated carbocycles. The minimum absolute atomic E-state index is 0.0349. The van der Waals surface area contributed by atoms with E-state index in [1.807, 2.05) is 5.32 Å². The van der Waals surface area contributed by atoms with Crippen LogP contribution in [0.15, 0.2) is 79.0 Å². The SMILES string of the molecule is [2H]C([2H])([2H])C([C@H](NC(=O)OCCOCCOCCOC)C(=O)NN(Cc1ccc(-c2ccccn2)cc1)C[C@H](O)[C@H](Cc1ccccc1)NC(=O)[C@@H](NC(=O)OCCOCCOCCOC)C(C)(C)C)(C([2H])([2H])[2H])C([2H])([2H])[2H]. The van der Waals surface area contributed by atoms with Gasteiger partial charge in [0.25, 0.3) is 5.91 Å². The molecule has 1 heterocycles.